The van der Waals surface area contributed by atoms with E-state index in [1.54, 1.807) is 12.3 Å². The van der Waals surface area contributed by atoms with Gasteiger partial charge >= 0.3 is 51.4 Å². The van der Waals surface area contributed by atoms with Crippen molar-refractivity contribution in [2.75, 3.05) is 5.73 Å². The minimum Gasteiger partial charge on any atom is -0.813 e. The number of nitrogens with zero attached hydrogens (tertiary/aromatic N) is 1. The number of halogens is 1. The molecule has 0 unspecified atom stereocenters. The molecule has 0 spiro atoms. The first-order valence-electron chi connectivity index (χ1n) is 2.08. The monoisotopic (exact) mass is 199 g/mol. The van der Waals surface area contributed by atoms with Crippen LogP contribution < -0.4 is 57.1 Å². The van der Waals surface area contributed by atoms with Crippen LogP contribution in [0, 0.1) is 6.07 Å². The molecule has 1 heterocycles. The average molecular weight is 200 g/mol. The van der Waals surface area contributed by atoms with Crippen molar-refractivity contribution in [3.8, 4) is 0 Å². The molecule has 0 saturated heterocycles. The van der Waals surface area contributed by atoms with Crippen molar-refractivity contribution in [2.45, 2.75) is 0 Å². The van der Waals surface area contributed by atoms with Crippen LogP contribution in [0.3, 0.4) is 0 Å². The molecule has 0 saturated carbocycles. The van der Waals surface area contributed by atoms with Gasteiger partial charge in [-0.2, -0.15) is 12.1 Å². The molecule has 0 fully saturated rings. The van der Waals surface area contributed by atoms with Gasteiger partial charge in [-0.15, -0.1) is 11.6 Å². The molecular weight excluding hydrogens is 195 g/mol. The Morgan fingerprint density at radius 3 is 2.50 bits per heavy atom. The summed E-state index contributed by atoms with van der Waals surface area (Å²) in [6.45, 7) is 0. The molecule has 0 aromatic carbocycles. The normalized spacial score (nSPS) is 7.30. The topological polar surface area (TPSA) is 38.9 Å². The van der Waals surface area contributed by atoms with Crippen LogP contribution in [0.2, 0.25) is 5.02 Å². The molecule has 0 radical (unpaired) electrons. The van der Waals surface area contributed by atoms with Crippen LogP contribution in [0.15, 0.2) is 12.3 Å². The smallest absolute Gasteiger partial charge is 0.813 e. The minimum absolute atomic E-state index is 0. The molecule has 0 aliphatic rings. The molecule has 2 nitrogen and oxygen atoms in total. The fourth-order valence-corrected chi connectivity index (χ4v) is 0.470. The number of pyridine rings is 1. The predicted octanol–water partition coefficient (Wildman–Crippen LogP) is -2.15. The van der Waals surface area contributed by atoms with Crippen molar-refractivity contribution in [3.63, 3.8) is 0 Å². The maximum atomic E-state index is 5.47. The van der Waals surface area contributed by atoms with Gasteiger partial charge in [0.2, 0.25) is 0 Å². The molecule has 5 heteroatoms. The summed E-state index contributed by atoms with van der Waals surface area (Å²) in [6.07, 6.45) is 1.54. The summed E-state index contributed by atoms with van der Waals surface area (Å²) in [4.78, 5) is 3.69. The van der Waals surface area contributed by atoms with Crippen LogP contribution in [0.4, 0.5) is 5.82 Å². The molecule has 0 amide bonds. The number of thiol groups is 1. The molecule has 0 atom stereocenters. The maximum absolute atomic E-state index is 5.47. The fraction of sp³-hybridized carbons (Fsp3) is 0. The van der Waals surface area contributed by atoms with Gasteiger partial charge in [0.1, 0.15) is 0 Å². The fourth-order valence-electron chi connectivity index (χ4n) is 0.359. The van der Waals surface area contributed by atoms with Crippen molar-refractivity contribution in [3.05, 3.63) is 23.4 Å². The van der Waals surface area contributed by atoms with E-state index in [4.69, 9.17) is 17.3 Å². The second-order valence-corrected chi connectivity index (χ2v) is 1.67. The van der Waals surface area contributed by atoms with E-state index in [9.17, 15) is 0 Å². The SMILES string of the molecule is Nc1ncc[c-]c1Cl.[K+].[SH-]. The summed E-state index contributed by atoms with van der Waals surface area (Å²) >= 11 is 5.47. The van der Waals surface area contributed by atoms with Crippen LogP contribution >= 0.6 is 11.6 Å². The summed E-state index contributed by atoms with van der Waals surface area (Å²) in [6, 6.07) is 4.29. The van der Waals surface area contributed by atoms with E-state index in [0.29, 0.717) is 10.8 Å². The number of aromatic nitrogens is 1. The largest absolute Gasteiger partial charge is 1.00 e. The Hall–Kier alpha value is 1.23. The van der Waals surface area contributed by atoms with Crippen LogP contribution in [-0.4, -0.2) is 4.98 Å². The van der Waals surface area contributed by atoms with E-state index in [1.807, 2.05) is 0 Å². The molecular formula is C5H5ClKN2S-. The molecule has 1 aromatic rings. The van der Waals surface area contributed by atoms with Gasteiger partial charge in [0.25, 0.3) is 0 Å². The molecule has 0 bridgehead atoms. The molecule has 0 aliphatic carbocycles. The summed E-state index contributed by atoms with van der Waals surface area (Å²) in [5.74, 6) is 0.328. The first-order chi connectivity index (χ1) is 3.80. The van der Waals surface area contributed by atoms with Gasteiger partial charge in [0.15, 0.2) is 0 Å². The van der Waals surface area contributed by atoms with Crippen molar-refractivity contribution in [1.82, 2.24) is 4.98 Å². The first kappa shape index (κ1) is 13.8. The zero-order valence-corrected chi connectivity index (χ0v) is 10.3. The minimum atomic E-state index is 0. The second-order valence-electron chi connectivity index (χ2n) is 1.29. The molecule has 50 valence electrons. The summed E-state index contributed by atoms with van der Waals surface area (Å²) in [5, 5.41) is 0.382. The Morgan fingerprint density at radius 1 is 1.60 bits per heavy atom. The van der Waals surface area contributed by atoms with Gasteiger partial charge in [-0.25, -0.2) is 0 Å². The molecule has 2 N–H and O–H groups in total. The standard InChI is InChI=1S/C5H4ClN2.K.H2S/c6-4-2-1-3-8-5(4)7;;/h1,3H,(H2,7,8);;1H2/q-1;+1;/p-1. The molecule has 0 aliphatic heterocycles. The van der Waals surface area contributed by atoms with Gasteiger partial charge < -0.3 is 24.2 Å². The summed E-state index contributed by atoms with van der Waals surface area (Å²) < 4.78 is 0. The number of rotatable bonds is 0. The van der Waals surface area contributed by atoms with Gasteiger partial charge in [-0.1, -0.05) is 6.20 Å². The van der Waals surface area contributed by atoms with Crippen molar-refractivity contribution >= 4 is 30.9 Å². The van der Waals surface area contributed by atoms with Crippen molar-refractivity contribution in [1.29, 1.82) is 0 Å². The molecule has 1 aromatic heterocycles. The van der Waals surface area contributed by atoms with E-state index in [-0.39, 0.29) is 64.9 Å². The zero-order chi connectivity index (χ0) is 5.98. The first-order valence-corrected chi connectivity index (χ1v) is 2.46. The van der Waals surface area contributed by atoms with Crippen molar-refractivity contribution < 1.29 is 51.4 Å². The van der Waals surface area contributed by atoms with Gasteiger partial charge in [0, 0.05) is 5.82 Å². The Morgan fingerprint density at radius 2 is 2.20 bits per heavy atom. The number of nitrogens with two attached hydrogens (primary N) is 1. The molecule has 1 rings (SSSR count). The Bertz CT molecular complexity index is 176. The predicted molar refractivity (Wildman–Crippen MR) is 41.3 cm³/mol. The number of hydrogen-bond donors (Lipinski definition) is 1. The number of nitrogen functional groups attached to an aromatic ring is 1. The molecule has 10 heavy (non-hydrogen) atoms. The van der Waals surface area contributed by atoms with Crippen LogP contribution in [0.1, 0.15) is 0 Å². The Kier molecular flexibility index (Phi) is 9.53. The third-order valence-corrected chi connectivity index (χ3v) is 1.03. The van der Waals surface area contributed by atoms with Crippen molar-refractivity contribution in [2.24, 2.45) is 0 Å². The van der Waals surface area contributed by atoms with Gasteiger partial charge in [0.05, 0.1) is 0 Å². The Labute approximate surface area is 114 Å². The quantitative estimate of drug-likeness (QED) is 0.224. The van der Waals surface area contributed by atoms with Crippen LogP contribution in [0.25, 0.3) is 0 Å². The summed E-state index contributed by atoms with van der Waals surface area (Å²) in [5.41, 5.74) is 5.25. The average Bonchev–Trinajstić information content (AvgIpc) is 1.77. The van der Waals surface area contributed by atoms with E-state index >= 15 is 0 Å². The maximum Gasteiger partial charge on any atom is 1.00 e. The summed E-state index contributed by atoms with van der Waals surface area (Å²) in [7, 11) is 0. The second kappa shape index (κ2) is 6.91. The Balaban J connectivity index is 0. The number of anilines is 1. The van der Waals surface area contributed by atoms with E-state index in [0.717, 1.165) is 0 Å². The zero-order valence-electron chi connectivity index (χ0n) is 5.50. The van der Waals surface area contributed by atoms with Gasteiger partial charge in [-0.3, -0.25) is 0 Å². The van der Waals surface area contributed by atoms with E-state index in [2.05, 4.69) is 11.1 Å². The third kappa shape index (κ3) is 4.18. The third-order valence-electron chi connectivity index (χ3n) is 0.723. The van der Waals surface area contributed by atoms with Crippen LogP contribution in [0.5, 0.6) is 0 Å². The van der Waals surface area contributed by atoms with E-state index < -0.39 is 0 Å². The van der Waals surface area contributed by atoms with Gasteiger partial charge in [-0.05, 0) is 5.02 Å². The number of hydrogen-bond acceptors (Lipinski definition) is 3. The van der Waals surface area contributed by atoms with E-state index in [1.165, 1.54) is 0 Å². The van der Waals surface area contributed by atoms with Crippen LogP contribution in [-0.2, 0) is 13.5 Å².